The summed E-state index contributed by atoms with van der Waals surface area (Å²) >= 11 is 1.47. The van der Waals surface area contributed by atoms with E-state index in [0.717, 1.165) is 49.1 Å². The number of nitrogens with zero attached hydrogens (tertiary/aromatic N) is 9. The Bertz CT molecular complexity index is 1340. The zero-order valence-electron chi connectivity index (χ0n) is 18.2. The summed E-state index contributed by atoms with van der Waals surface area (Å²) in [5.41, 5.74) is 3.35. The van der Waals surface area contributed by atoms with Crippen LogP contribution in [0.1, 0.15) is 5.69 Å². The molecule has 0 spiro atoms. The predicted octanol–water partition coefficient (Wildman–Crippen LogP) is 2.06. The Labute approximate surface area is 193 Å². The van der Waals surface area contributed by atoms with Crippen molar-refractivity contribution in [3.8, 4) is 22.9 Å². The zero-order chi connectivity index (χ0) is 22.4. The van der Waals surface area contributed by atoms with Gasteiger partial charge in [0, 0.05) is 44.1 Å². The molecule has 0 unspecified atom stereocenters. The molecule has 4 aromatic rings. The summed E-state index contributed by atoms with van der Waals surface area (Å²) in [7, 11) is 0. The van der Waals surface area contributed by atoms with Gasteiger partial charge >= 0.3 is 0 Å². The van der Waals surface area contributed by atoms with E-state index in [2.05, 4.69) is 41.1 Å². The first-order valence-corrected chi connectivity index (χ1v) is 11.8. The van der Waals surface area contributed by atoms with Gasteiger partial charge in [-0.3, -0.25) is 0 Å². The monoisotopic (exact) mass is 463 g/mol. The van der Waals surface area contributed by atoms with E-state index in [4.69, 9.17) is 14.5 Å². The number of piperazine rings is 1. The number of benzene rings is 1. The van der Waals surface area contributed by atoms with Gasteiger partial charge in [-0.05, 0) is 31.4 Å². The standard InChI is InChI=1S/C21H21N9O2S/c1-13-18(25-26-20-24-21(33-2)27-30(13)20)15-5-6-22-19(23-15)29-9-7-28(8-10-29)14-3-4-16-17(11-14)32-12-31-16/h3-6,11H,7-10,12H2,1-2H3. The van der Waals surface area contributed by atoms with E-state index in [1.807, 2.05) is 31.4 Å². The smallest absolute Gasteiger partial charge is 0.272 e. The molecule has 0 radical (unpaired) electrons. The molecule has 6 rings (SSSR count). The van der Waals surface area contributed by atoms with Gasteiger partial charge in [-0.25, -0.2) is 9.97 Å². The Kier molecular flexibility index (Phi) is 4.86. The van der Waals surface area contributed by atoms with Crippen molar-refractivity contribution in [2.75, 3.05) is 49.0 Å². The molecule has 0 bridgehead atoms. The van der Waals surface area contributed by atoms with Crippen molar-refractivity contribution >= 4 is 29.2 Å². The topological polar surface area (TPSA) is 107 Å². The molecule has 0 amide bonds. The number of thioether (sulfide) groups is 1. The summed E-state index contributed by atoms with van der Waals surface area (Å²) in [6.45, 7) is 5.56. The van der Waals surface area contributed by atoms with Gasteiger partial charge < -0.3 is 19.3 Å². The Morgan fingerprint density at radius 1 is 0.939 bits per heavy atom. The second kappa shape index (κ2) is 8.03. The fourth-order valence-corrected chi connectivity index (χ4v) is 4.38. The minimum absolute atomic E-state index is 0.284. The average molecular weight is 464 g/mol. The molecule has 0 saturated carbocycles. The molecular weight excluding hydrogens is 442 g/mol. The van der Waals surface area contributed by atoms with Crippen LogP contribution in [-0.4, -0.2) is 74.0 Å². The average Bonchev–Trinajstić information content (AvgIpc) is 3.51. The molecule has 12 heteroatoms. The van der Waals surface area contributed by atoms with Crippen molar-refractivity contribution < 1.29 is 9.47 Å². The second-order valence-corrected chi connectivity index (χ2v) is 8.47. The van der Waals surface area contributed by atoms with Crippen LogP contribution in [-0.2, 0) is 0 Å². The van der Waals surface area contributed by atoms with E-state index in [9.17, 15) is 0 Å². The van der Waals surface area contributed by atoms with Crippen molar-refractivity contribution in [1.29, 1.82) is 0 Å². The number of anilines is 2. The molecule has 0 aliphatic carbocycles. The van der Waals surface area contributed by atoms with Gasteiger partial charge in [-0.1, -0.05) is 11.8 Å². The summed E-state index contributed by atoms with van der Waals surface area (Å²) in [6.07, 6.45) is 3.70. The Hall–Kier alpha value is -3.67. The van der Waals surface area contributed by atoms with E-state index in [-0.39, 0.29) is 6.79 Å². The van der Waals surface area contributed by atoms with Crippen LogP contribution in [0.25, 0.3) is 17.2 Å². The molecule has 2 aliphatic rings. The maximum absolute atomic E-state index is 5.52. The highest BCUT2D eigenvalue weighted by Crippen LogP contribution is 2.35. The number of hydrogen-bond acceptors (Lipinski definition) is 11. The Morgan fingerprint density at radius 3 is 2.61 bits per heavy atom. The van der Waals surface area contributed by atoms with Crippen LogP contribution in [0.15, 0.2) is 35.6 Å². The van der Waals surface area contributed by atoms with Crippen LogP contribution < -0.4 is 19.3 Å². The normalized spacial score (nSPS) is 15.5. The zero-order valence-corrected chi connectivity index (χ0v) is 19.0. The van der Waals surface area contributed by atoms with Gasteiger partial charge in [0.1, 0.15) is 5.69 Å². The number of aryl methyl sites for hydroxylation is 1. The van der Waals surface area contributed by atoms with E-state index >= 15 is 0 Å². The second-order valence-electron chi connectivity index (χ2n) is 7.70. The molecule has 5 heterocycles. The maximum atomic E-state index is 5.52. The van der Waals surface area contributed by atoms with Crippen molar-refractivity contribution in [2.24, 2.45) is 0 Å². The molecule has 1 aromatic carbocycles. The van der Waals surface area contributed by atoms with Gasteiger partial charge in [0.2, 0.25) is 17.9 Å². The van der Waals surface area contributed by atoms with Crippen LogP contribution >= 0.6 is 11.8 Å². The minimum atomic E-state index is 0.284. The van der Waals surface area contributed by atoms with Crippen molar-refractivity contribution in [3.05, 3.63) is 36.2 Å². The lowest BCUT2D eigenvalue weighted by Gasteiger charge is -2.36. The summed E-state index contributed by atoms with van der Waals surface area (Å²) in [5.74, 6) is 2.77. The summed E-state index contributed by atoms with van der Waals surface area (Å²) in [6, 6.07) is 7.93. The number of ether oxygens (including phenoxy) is 2. The van der Waals surface area contributed by atoms with Crippen molar-refractivity contribution in [1.82, 2.24) is 34.8 Å². The lowest BCUT2D eigenvalue weighted by atomic mass is 10.2. The fourth-order valence-electron chi connectivity index (χ4n) is 4.04. The van der Waals surface area contributed by atoms with Crippen molar-refractivity contribution in [3.63, 3.8) is 0 Å². The number of rotatable bonds is 4. The van der Waals surface area contributed by atoms with Gasteiger partial charge in [-0.15, -0.1) is 15.3 Å². The largest absolute Gasteiger partial charge is 0.454 e. The first-order valence-electron chi connectivity index (χ1n) is 10.6. The highest BCUT2D eigenvalue weighted by atomic mass is 32.2. The summed E-state index contributed by atoms with van der Waals surface area (Å²) in [4.78, 5) is 18.2. The molecule has 1 fully saturated rings. The minimum Gasteiger partial charge on any atom is -0.454 e. The molecule has 0 N–H and O–H groups in total. The number of fused-ring (bicyclic) bond motifs is 2. The van der Waals surface area contributed by atoms with Crippen LogP contribution in [0, 0.1) is 6.92 Å². The molecular formula is C21H21N9O2S. The molecule has 33 heavy (non-hydrogen) atoms. The molecule has 0 atom stereocenters. The van der Waals surface area contributed by atoms with E-state index in [0.29, 0.717) is 28.3 Å². The molecule has 3 aromatic heterocycles. The SMILES string of the molecule is CSc1nc2nnc(-c3ccnc(N4CCN(c5ccc6c(c5)OCO6)CC4)n3)c(C)n2n1. The van der Waals surface area contributed by atoms with E-state index in [1.54, 1.807) is 10.7 Å². The quantitative estimate of drug-likeness (QED) is 0.415. The first-order chi connectivity index (χ1) is 16.2. The van der Waals surface area contributed by atoms with Gasteiger partial charge in [0.05, 0.1) is 11.4 Å². The molecule has 11 nitrogen and oxygen atoms in total. The van der Waals surface area contributed by atoms with Crippen LogP contribution in [0.4, 0.5) is 11.6 Å². The van der Waals surface area contributed by atoms with Gasteiger partial charge in [-0.2, -0.15) is 9.50 Å². The van der Waals surface area contributed by atoms with E-state index < -0.39 is 0 Å². The number of hydrogen-bond donors (Lipinski definition) is 0. The lowest BCUT2D eigenvalue weighted by molar-refractivity contribution is 0.174. The summed E-state index contributed by atoms with van der Waals surface area (Å²) in [5, 5.41) is 13.7. The highest BCUT2D eigenvalue weighted by Gasteiger charge is 2.22. The van der Waals surface area contributed by atoms with Crippen LogP contribution in [0.2, 0.25) is 0 Å². The maximum Gasteiger partial charge on any atom is 0.272 e. The third-order valence-corrected chi connectivity index (χ3v) is 6.36. The van der Waals surface area contributed by atoms with Crippen molar-refractivity contribution in [2.45, 2.75) is 12.1 Å². The predicted molar refractivity (Wildman–Crippen MR) is 123 cm³/mol. The van der Waals surface area contributed by atoms with Crippen LogP contribution in [0.3, 0.4) is 0 Å². The third kappa shape index (κ3) is 3.55. The fraction of sp³-hybridized carbons (Fsp3) is 0.333. The molecule has 2 aliphatic heterocycles. The molecule has 168 valence electrons. The first kappa shape index (κ1) is 20.0. The third-order valence-electron chi connectivity index (χ3n) is 5.82. The Morgan fingerprint density at radius 2 is 1.76 bits per heavy atom. The number of aromatic nitrogens is 7. The van der Waals surface area contributed by atoms with Crippen LogP contribution in [0.5, 0.6) is 11.5 Å². The van der Waals surface area contributed by atoms with E-state index in [1.165, 1.54) is 11.8 Å². The van der Waals surface area contributed by atoms with Gasteiger partial charge in [0.15, 0.2) is 11.5 Å². The molecule has 1 saturated heterocycles. The lowest BCUT2D eigenvalue weighted by Crippen LogP contribution is -2.47. The highest BCUT2D eigenvalue weighted by molar-refractivity contribution is 7.98. The summed E-state index contributed by atoms with van der Waals surface area (Å²) < 4.78 is 12.6. The van der Waals surface area contributed by atoms with Gasteiger partial charge in [0.25, 0.3) is 5.78 Å². The Balaban J connectivity index is 1.21.